The maximum Gasteiger partial charge on any atom is 0.303 e. The van der Waals surface area contributed by atoms with E-state index in [9.17, 15) is 13.2 Å². The largest absolute Gasteiger partial charge is 0.481 e. The van der Waals surface area contributed by atoms with Crippen LogP contribution in [0.1, 0.15) is 42.6 Å². The molecular weight excluding hydrogens is 474 g/mol. The molecule has 0 unspecified atom stereocenters. The van der Waals surface area contributed by atoms with Crippen LogP contribution in [0.15, 0.2) is 65.8 Å². The van der Waals surface area contributed by atoms with Crippen molar-refractivity contribution in [3.8, 4) is 0 Å². The summed E-state index contributed by atoms with van der Waals surface area (Å²) in [7, 11) is -3.63. The molecule has 34 heavy (non-hydrogen) atoms. The first-order valence-corrected chi connectivity index (χ1v) is 13.2. The number of hydrogen-bond donors (Lipinski definition) is 2. The Morgan fingerprint density at radius 2 is 1.71 bits per heavy atom. The molecule has 0 amide bonds. The lowest BCUT2D eigenvalue weighted by Crippen LogP contribution is -2.26. The van der Waals surface area contributed by atoms with Gasteiger partial charge in [-0.25, -0.2) is 13.1 Å². The number of carbonyl (C=O) groups is 1. The highest BCUT2D eigenvalue weighted by Gasteiger charge is 2.15. The number of aryl methyl sites for hydroxylation is 2. The van der Waals surface area contributed by atoms with Gasteiger partial charge in [0.05, 0.1) is 11.3 Å². The number of carboxylic acid groups (broad SMARTS) is 1. The lowest BCUT2D eigenvalue weighted by atomic mass is 10.1. The summed E-state index contributed by atoms with van der Waals surface area (Å²) in [5.74, 6) is -0.832. The van der Waals surface area contributed by atoms with Gasteiger partial charge < -0.3 is 9.67 Å². The summed E-state index contributed by atoms with van der Waals surface area (Å²) in [5.41, 5.74) is 3.18. The Labute approximate surface area is 205 Å². The predicted octanol–water partition coefficient (Wildman–Crippen LogP) is 4.49. The van der Waals surface area contributed by atoms with Gasteiger partial charge >= 0.3 is 5.97 Å². The molecule has 0 atom stereocenters. The highest BCUT2D eigenvalue weighted by atomic mass is 35.5. The predicted molar refractivity (Wildman–Crippen MR) is 133 cm³/mol. The Balaban J connectivity index is 1.57. The van der Waals surface area contributed by atoms with Crippen molar-refractivity contribution >= 4 is 27.6 Å². The van der Waals surface area contributed by atoms with Crippen LogP contribution in [0.25, 0.3) is 0 Å². The third-order valence-electron chi connectivity index (χ3n) is 5.62. The molecule has 0 bridgehead atoms. The Bertz CT molecular complexity index is 1160. The molecule has 0 saturated carbocycles. The zero-order valence-electron chi connectivity index (χ0n) is 19.0. The minimum atomic E-state index is -3.63. The summed E-state index contributed by atoms with van der Waals surface area (Å²) in [4.78, 5) is 15.4. The Kier molecular flexibility index (Phi) is 9.68. The highest BCUT2D eigenvalue weighted by Crippen LogP contribution is 2.17. The zero-order chi connectivity index (χ0) is 24.4. The normalized spacial score (nSPS) is 11.6. The lowest BCUT2D eigenvalue weighted by Gasteiger charge is -2.14. The van der Waals surface area contributed by atoms with Gasteiger partial charge in [0, 0.05) is 48.3 Å². The summed E-state index contributed by atoms with van der Waals surface area (Å²) in [6, 6.07) is 14.0. The first-order chi connectivity index (χ1) is 16.3. The molecule has 0 fully saturated rings. The van der Waals surface area contributed by atoms with Gasteiger partial charge in [0.1, 0.15) is 0 Å². The van der Waals surface area contributed by atoms with E-state index in [2.05, 4.69) is 20.3 Å². The van der Waals surface area contributed by atoms with Gasteiger partial charge in [-0.15, -0.1) is 0 Å². The fraction of sp³-hybridized carbons (Fsp3) is 0.360. The van der Waals surface area contributed by atoms with Gasteiger partial charge in [0.15, 0.2) is 0 Å². The first-order valence-electron chi connectivity index (χ1n) is 11.4. The quantitative estimate of drug-likeness (QED) is 0.316. The number of sulfonamides is 1. The van der Waals surface area contributed by atoms with Crippen molar-refractivity contribution in [2.45, 2.75) is 56.4 Å². The van der Waals surface area contributed by atoms with E-state index in [0.717, 1.165) is 43.6 Å². The topological polar surface area (TPSA) is 101 Å². The molecular formula is C25H30ClN3O4S. The molecule has 7 nitrogen and oxygen atoms in total. The second-order valence-electron chi connectivity index (χ2n) is 8.14. The maximum absolute atomic E-state index is 12.5. The molecule has 2 N–H and O–H groups in total. The van der Waals surface area contributed by atoms with E-state index >= 15 is 0 Å². The Morgan fingerprint density at radius 1 is 0.971 bits per heavy atom. The van der Waals surface area contributed by atoms with Crippen LogP contribution in [0.2, 0.25) is 5.02 Å². The number of nitrogens with zero attached hydrogens (tertiary/aromatic N) is 2. The summed E-state index contributed by atoms with van der Waals surface area (Å²) < 4.78 is 29.8. The molecule has 0 aliphatic heterocycles. The Hall–Kier alpha value is -2.68. The van der Waals surface area contributed by atoms with Crippen LogP contribution in [-0.4, -0.2) is 35.6 Å². The molecule has 0 saturated heterocycles. The summed E-state index contributed by atoms with van der Waals surface area (Å²) >= 11 is 5.85. The summed E-state index contributed by atoms with van der Waals surface area (Å²) in [6.45, 7) is 1.02. The molecule has 2 heterocycles. The number of unbranched alkanes of at least 4 members (excludes halogenated alkanes) is 2. The second-order valence-corrected chi connectivity index (χ2v) is 10.3. The number of hydrogen-bond acceptors (Lipinski definition) is 4. The van der Waals surface area contributed by atoms with Crippen molar-refractivity contribution in [2.24, 2.45) is 0 Å². The van der Waals surface area contributed by atoms with E-state index in [1.165, 1.54) is 17.7 Å². The standard InChI is InChI=1S/C25H30ClN3O4S/c26-21-7-12-24(13-8-21)34(32,33)28-17-15-23-10-9-22(11-14-25(30)31)29(23)18-3-1-2-5-20-6-4-16-27-19-20/h4,6-10,12-13,16,19,28H,1-3,5,11,14-15,17-18H2,(H,30,31). The number of nitrogens with one attached hydrogen (secondary N) is 1. The van der Waals surface area contributed by atoms with Crippen LogP contribution < -0.4 is 4.72 Å². The first kappa shape index (κ1) is 25.9. The van der Waals surface area contributed by atoms with Gasteiger partial charge in [-0.05, 0) is 73.7 Å². The van der Waals surface area contributed by atoms with Crippen molar-refractivity contribution in [1.82, 2.24) is 14.3 Å². The van der Waals surface area contributed by atoms with E-state index in [0.29, 0.717) is 17.9 Å². The average molecular weight is 504 g/mol. The van der Waals surface area contributed by atoms with Crippen LogP contribution in [0.5, 0.6) is 0 Å². The van der Waals surface area contributed by atoms with Crippen LogP contribution in [-0.2, 0) is 40.6 Å². The van der Waals surface area contributed by atoms with Crippen molar-refractivity contribution in [1.29, 1.82) is 0 Å². The molecule has 0 radical (unpaired) electrons. The van der Waals surface area contributed by atoms with Gasteiger partial charge in [0.25, 0.3) is 0 Å². The SMILES string of the molecule is O=C(O)CCc1ccc(CCNS(=O)(=O)c2ccc(Cl)cc2)n1CCCCCc1cccnc1. The van der Waals surface area contributed by atoms with Crippen molar-refractivity contribution in [3.63, 3.8) is 0 Å². The number of halogens is 1. The highest BCUT2D eigenvalue weighted by molar-refractivity contribution is 7.89. The molecule has 0 aliphatic rings. The molecule has 2 aromatic heterocycles. The average Bonchev–Trinajstić information content (AvgIpc) is 3.20. The van der Waals surface area contributed by atoms with Crippen LogP contribution in [0, 0.1) is 0 Å². The van der Waals surface area contributed by atoms with E-state index < -0.39 is 16.0 Å². The van der Waals surface area contributed by atoms with Crippen molar-refractivity contribution in [2.75, 3.05) is 6.54 Å². The molecule has 1 aromatic carbocycles. The second kappa shape index (κ2) is 12.7. The van der Waals surface area contributed by atoms with E-state index in [-0.39, 0.29) is 17.9 Å². The van der Waals surface area contributed by atoms with E-state index in [1.54, 1.807) is 18.3 Å². The van der Waals surface area contributed by atoms with Crippen LogP contribution >= 0.6 is 11.6 Å². The van der Waals surface area contributed by atoms with E-state index in [4.69, 9.17) is 16.7 Å². The summed E-state index contributed by atoms with van der Waals surface area (Å²) in [6.07, 6.45) is 8.69. The van der Waals surface area contributed by atoms with Crippen LogP contribution in [0.4, 0.5) is 0 Å². The third-order valence-corrected chi connectivity index (χ3v) is 7.35. The van der Waals surface area contributed by atoms with E-state index in [1.807, 2.05) is 24.4 Å². The van der Waals surface area contributed by atoms with Gasteiger partial charge in [-0.3, -0.25) is 9.78 Å². The smallest absolute Gasteiger partial charge is 0.303 e. The van der Waals surface area contributed by atoms with Gasteiger partial charge in [0.2, 0.25) is 10.0 Å². The monoisotopic (exact) mass is 503 g/mol. The molecule has 0 aliphatic carbocycles. The number of aliphatic carboxylic acids is 1. The molecule has 0 spiro atoms. The van der Waals surface area contributed by atoms with Gasteiger partial charge in [-0.1, -0.05) is 24.1 Å². The molecule has 9 heteroatoms. The minimum Gasteiger partial charge on any atom is -0.481 e. The minimum absolute atomic E-state index is 0.0632. The number of benzene rings is 1. The molecule has 3 rings (SSSR count). The fourth-order valence-corrected chi connectivity index (χ4v) is 5.01. The lowest BCUT2D eigenvalue weighted by molar-refractivity contribution is -0.137. The van der Waals surface area contributed by atoms with Crippen molar-refractivity contribution in [3.05, 3.63) is 82.9 Å². The number of pyridine rings is 1. The zero-order valence-corrected chi connectivity index (χ0v) is 20.6. The van der Waals surface area contributed by atoms with Crippen LogP contribution in [0.3, 0.4) is 0 Å². The Morgan fingerprint density at radius 3 is 2.38 bits per heavy atom. The number of rotatable bonds is 14. The third kappa shape index (κ3) is 7.97. The van der Waals surface area contributed by atoms with Gasteiger partial charge in [-0.2, -0.15) is 0 Å². The van der Waals surface area contributed by atoms with Crippen molar-refractivity contribution < 1.29 is 18.3 Å². The molecule has 182 valence electrons. The molecule has 3 aromatic rings. The summed E-state index contributed by atoms with van der Waals surface area (Å²) in [5, 5.41) is 9.56. The maximum atomic E-state index is 12.5. The number of aromatic nitrogens is 2. The number of carboxylic acids is 1. The fourth-order valence-electron chi connectivity index (χ4n) is 3.85.